The van der Waals surface area contributed by atoms with Crippen LogP contribution in [0.5, 0.6) is 17.2 Å². The third-order valence-corrected chi connectivity index (χ3v) is 5.94. The standard InChI is InChI=1S/C17H19N3O5S/c1-24-14-4-2-3-5-15(14)25-16-7-6-13(19-21)12-17(16)26(22,23)20-10-8-18-9-11-20/h2-7,12,18H,8-11H2,1H3. The topological polar surface area (TPSA) is 97.3 Å². The molecule has 0 saturated carbocycles. The van der Waals surface area contributed by atoms with Gasteiger partial charge >= 0.3 is 0 Å². The molecule has 1 N–H and O–H groups in total. The van der Waals surface area contributed by atoms with Crippen molar-refractivity contribution >= 4 is 15.7 Å². The Bertz CT molecular complexity index is 895. The molecule has 1 fully saturated rings. The number of piperazine rings is 1. The van der Waals surface area contributed by atoms with E-state index in [1.165, 1.54) is 29.6 Å². The molecule has 1 aliphatic heterocycles. The molecule has 0 aliphatic carbocycles. The van der Waals surface area contributed by atoms with Gasteiger partial charge in [-0.25, -0.2) is 8.42 Å². The number of nitrogens with zero attached hydrogens (tertiary/aromatic N) is 2. The van der Waals surface area contributed by atoms with Crippen molar-refractivity contribution < 1.29 is 17.9 Å². The second-order valence-electron chi connectivity index (χ2n) is 5.63. The summed E-state index contributed by atoms with van der Waals surface area (Å²) in [5.74, 6) is 0.953. The molecule has 0 radical (unpaired) electrons. The molecule has 0 amide bonds. The molecule has 0 aromatic heterocycles. The first-order valence-electron chi connectivity index (χ1n) is 8.05. The lowest BCUT2D eigenvalue weighted by Gasteiger charge is -2.27. The van der Waals surface area contributed by atoms with Crippen molar-refractivity contribution in [2.24, 2.45) is 5.18 Å². The predicted molar refractivity (Wildman–Crippen MR) is 96.6 cm³/mol. The average molecular weight is 377 g/mol. The van der Waals surface area contributed by atoms with Gasteiger partial charge in [-0.2, -0.15) is 4.31 Å². The Morgan fingerprint density at radius 1 is 1.04 bits per heavy atom. The second kappa shape index (κ2) is 7.81. The van der Waals surface area contributed by atoms with Crippen LogP contribution in [0.2, 0.25) is 0 Å². The van der Waals surface area contributed by atoms with Gasteiger partial charge in [-0.15, -0.1) is 4.91 Å². The van der Waals surface area contributed by atoms with Crippen LogP contribution in [0.4, 0.5) is 5.69 Å². The monoisotopic (exact) mass is 377 g/mol. The van der Waals surface area contributed by atoms with Crippen LogP contribution in [0.15, 0.2) is 52.5 Å². The summed E-state index contributed by atoms with van der Waals surface area (Å²) >= 11 is 0. The number of nitroso groups, excluding NO2 is 1. The van der Waals surface area contributed by atoms with E-state index < -0.39 is 10.0 Å². The van der Waals surface area contributed by atoms with Gasteiger partial charge in [-0.05, 0) is 35.5 Å². The molecular weight excluding hydrogens is 358 g/mol. The lowest BCUT2D eigenvalue weighted by Crippen LogP contribution is -2.46. The Labute approximate surface area is 151 Å². The summed E-state index contributed by atoms with van der Waals surface area (Å²) in [5.41, 5.74) is 0.0195. The Kier molecular flexibility index (Phi) is 5.50. The third kappa shape index (κ3) is 3.69. The molecule has 3 rings (SSSR count). The summed E-state index contributed by atoms with van der Waals surface area (Å²) in [5, 5.41) is 5.95. The van der Waals surface area contributed by atoms with Crippen molar-refractivity contribution in [2.75, 3.05) is 33.3 Å². The highest BCUT2D eigenvalue weighted by atomic mass is 32.2. The van der Waals surface area contributed by atoms with Gasteiger partial charge in [0.25, 0.3) is 0 Å². The van der Waals surface area contributed by atoms with Crippen molar-refractivity contribution in [3.8, 4) is 17.2 Å². The van der Waals surface area contributed by atoms with E-state index in [9.17, 15) is 13.3 Å². The Morgan fingerprint density at radius 3 is 2.38 bits per heavy atom. The molecule has 9 heteroatoms. The first kappa shape index (κ1) is 18.3. The maximum absolute atomic E-state index is 13.1. The van der Waals surface area contributed by atoms with Gasteiger partial charge in [0.05, 0.1) is 7.11 Å². The third-order valence-electron chi connectivity index (χ3n) is 4.02. The van der Waals surface area contributed by atoms with Gasteiger partial charge < -0.3 is 14.8 Å². The highest BCUT2D eigenvalue weighted by molar-refractivity contribution is 7.89. The molecule has 0 unspecified atom stereocenters. The number of para-hydroxylation sites is 2. The van der Waals surface area contributed by atoms with Crippen LogP contribution >= 0.6 is 0 Å². The van der Waals surface area contributed by atoms with E-state index in [0.717, 1.165) is 0 Å². The fourth-order valence-corrected chi connectivity index (χ4v) is 4.26. The fraction of sp³-hybridized carbons (Fsp3) is 0.294. The predicted octanol–water partition coefficient (Wildman–Crippen LogP) is 2.48. The second-order valence-corrected chi connectivity index (χ2v) is 7.54. The molecule has 138 valence electrons. The quantitative estimate of drug-likeness (QED) is 0.777. The number of hydrogen-bond donors (Lipinski definition) is 1. The van der Waals surface area contributed by atoms with Gasteiger partial charge in [0.15, 0.2) is 11.5 Å². The minimum absolute atomic E-state index is 0.0195. The highest BCUT2D eigenvalue weighted by Crippen LogP contribution is 2.37. The smallest absolute Gasteiger partial charge is 0.246 e. The average Bonchev–Trinajstić information content (AvgIpc) is 2.69. The molecule has 1 aliphatic rings. The lowest BCUT2D eigenvalue weighted by molar-refractivity contribution is 0.355. The van der Waals surface area contributed by atoms with Crippen LogP contribution in [0.1, 0.15) is 0 Å². The summed E-state index contributed by atoms with van der Waals surface area (Å²) in [6.07, 6.45) is 0. The SMILES string of the molecule is COc1ccccc1Oc1ccc(N=O)cc1S(=O)(=O)N1CCNCC1. The van der Waals surface area contributed by atoms with Crippen LogP contribution in [-0.4, -0.2) is 46.0 Å². The van der Waals surface area contributed by atoms with Crippen LogP contribution in [0, 0.1) is 4.91 Å². The first-order valence-corrected chi connectivity index (χ1v) is 9.49. The first-order chi connectivity index (χ1) is 12.6. The van der Waals surface area contributed by atoms with E-state index >= 15 is 0 Å². The van der Waals surface area contributed by atoms with Crippen molar-refractivity contribution in [1.82, 2.24) is 9.62 Å². The van der Waals surface area contributed by atoms with Crippen LogP contribution < -0.4 is 14.8 Å². The maximum Gasteiger partial charge on any atom is 0.246 e. The van der Waals surface area contributed by atoms with E-state index in [4.69, 9.17) is 9.47 Å². The molecular formula is C17H19N3O5S. The minimum atomic E-state index is -3.84. The number of ether oxygens (including phenoxy) is 2. The molecule has 2 aromatic rings. The number of rotatable bonds is 6. The van der Waals surface area contributed by atoms with Gasteiger partial charge in [0.1, 0.15) is 16.3 Å². The molecule has 0 atom stereocenters. The number of hydrogen-bond acceptors (Lipinski definition) is 7. The number of methoxy groups -OCH3 is 1. The minimum Gasteiger partial charge on any atom is -0.493 e. The fourth-order valence-electron chi connectivity index (χ4n) is 2.68. The highest BCUT2D eigenvalue weighted by Gasteiger charge is 2.30. The molecule has 8 nitrogen and oxygen atoms in total. The van der Waals surface area contributed by atoms with E-state index in [1.54, 1.807) is 24.3 Å². The van der Waals surface area contributed by atoms with Gasteiger partial charge in [0.2, 0.25) is 10.0 Å². The maximum atomic E-state index is 13.1. The number of sulfonamides is 1. The molecule has 2 aromatic carbocycles. The van der Waals surface area contributed by atoms with Crippen molar-refractivity contribution in [1.29, 1.82) is 0 Å². The van der Waals surface area contributed by atoms with Crippen molar-refractivity contribution in [3.05, 3.63) is 47.4 Å². The normalized spacial score (nSPS) is 15.4. The molecule has 1 heterocycles. The Balaban J connectivity index is 2.04. The summed E-state index contributed by atoms with van der Waals surface area (Å²) in [7, 11) is -2.34. The molecule has 0 spiro atoms. The zero-order valence-electron chi connectivity index (χ0n) is 14.2. The van der Waals surface area contributed by atoms with Crippen LogP contribution in [0.3, 0.4) is 0 Å². The number of benzene rings is 2. The molecule has 26 heavy (non-hydrogen) atoms. The van der Waals surface area contributed by atoms with Crippen LogP contribution in [-0.2, 0) is 10.0 Å². The van der Waals surface area contributed by atoms with Gasteiger partial charge in [-0.1, -0.05) is 12.1 Å². The molecule has 1 saturated heterocycles. The van der Waals surface area contributed by atoms with E-state index in [-0.39, 0.29) is 16.3 Å². The zero-order chi connectivity index (χ0) is 18.6. The van der Waals surface area contributed by atoms with E-state index in [1.807, 2.05) is 0 Å². The summed E-state index contributed by atoms with van der Waals surface area (Å²) in [6, 6.07) is 11.0. The van der Waals surface area contributed by atoms with Crippen molar-refractivity contribution in [2.45, 2.75) is 4.90 Å². The Morgan fingerprint density at radius 2 is 1.73 bits per heavy atom. The van der Waals surface area contributed by atoms with Gasteiger partial charge in [-0.3, -0.25) is 0 Å². The molecule has 0 bridgehead atoms. The van der Waals surface area contributed by atoms with Gasteiger partial charge in [0, 0.05) is 26.2 Å². The van der Waals surface area contributed by atoms with Crippen molar-refractivity contribution in [3.63, 3.8) is 0 Å². The summed E-state index contributed by atoms with van der Waals surface area (Å²) < 4.78 is 38.6. The van der Waals surface area contributed by atoms with E-state index in [0.29, 0.717) is 37.7 Å². The Hall–Kier alpha value is -2.49. The van der Waals surface area contributed by atoms with Crippen LogP contribution in [0.25, 0.3) is 0 Å². The van der Waals surface area contributed by atoms with E-state index in [2.05, 4.69) is 10.5 Å². The zero-order valence-corrected chi connectivity index (χ0v) is 15.0. The lowest BCUT2D eigenvalue weighted by atomic mass is 10.3. The summed E-state index contributed by atoms with van der Waals surface area (Å²) in [4.78, 5) is 10.8. The number of nitrogens with one attached hydrogen (secondary N) is 1. The largest absolute Gasteiger partial charge is 0.493 e. The summed E-state index contributed by atoms with van der Waals surface area (Å²) in [6.45, 7) is 1.81.